The van der Waals surface area contributed by atoms with E-state index in [-0.39, 0.29) is 68.6 Å². The van der Waals surface area contributed by atoms with Gasteiger partial charge in [0.05, 0.1) is 44.5 Å². The predicted molar refractivity (Wildman–Crippen MR) is 264 cm³/mol. The number of methoxy groups -OCH3 is 2. The van der Waals surface area contributed by atoms with Crippen molar-refractivity contribution in [2.24, 2.45) is 0 Å². The molecule has 2 fully saturated rings. The minimum atomic E-state index is -1.09. The van der Waals surface area contributed by atoms with E-state index in [4.69, 9.17) is 28.4 Å². The van der Waals surface area contributed by atoms with Crippen molar-refractivity contribution in [2.45, 2.75) is 103 Å². The van der Waals surface area contributed by atoms with Gasteiger partial charge in [0.15, 0.2) is 18.1 Å². The summed E-state index contributed by atoms with van der Waals surface area (Å²) in [5.74, 6) is -2.26. The molecule has 0 aromatic heterocycles. The number of ether oxygens (including phenoxy) is 6. The molecule has 72 heavy (non-hydrogen) atoms. The van der Waals surface area contributed by atoms with Crippen LogP contribution in [0.3, 0.4) is 0 Å². The Morgan fingerprint density at radius 1 is 0.792 bits per heavy atom. The van der Waals surface area contributed by atoms with Crippen LogP contribution in [0.5, 0.6) is 23.0 Å². The summed E-state index contributed by atoms with van der Waals surface area (Å²) in [7, 11) is 3.15. The van der Waals surface area contributed by atoms with E-state index in [0.717, 1.165) is 40.0 Å². The summed E-state index contributed by atoms with van der Waals surface area (Å²) >= 11 is 0. The Balaban J connectivity index is 0.927. The van der Waals surface area contributed by atoms with Crippen LogP contribution in [0, 0.1) is 20.8 Å². The molecule has 0 saturated carbocycles. The van der Waals surface area contributed by atoms with Crippen molar-refractivity contribution in [1.82, 2.24) is 20.4 Å². The maximum absolute atomic E-state index is 14.4. The second-order valence-corrected chi connectivity index (χ2v) is 18.3. The smallest absolute Gasteiger partial charge is 0.329 e. The second-order valence-electron chi connectivity index (χ2n) is 18.3. The third kappa shape index (κ3) is 12.2. The van der Waals surface area contributed by atoms with Crippen molar-refractivity contribution in [3.05, 3.63) is 117 Å². The van der Waals surface area contributed by atoms with Crippen LogP contribution in [-0.2, 0) is 39.9 Å². The molecule has 0 aliphatic carbocycles. The second kappa shape index (κ2) is 24.2. The van der Waals surface area contributed by atoms with Gasteiger partial charge in [-0.3, -0.25) is 39.0 Å². The number of carbonyl (C=O) groups excluding carboxylic acids is 7. The molecule has 7 rings (SSSR count). The van der Waals surface area contributed by atoms with Gasteiger partial charge in [0.25, 0.3) is 17.7 Å². The van der Waals surface area contributed by atoms with E-state index < -0.39 is 59.6 Å². The van der Waals surface area contributed by atoms with E-state index in [1.165, 1.54) is 11.6 Å². The maximum Gasteiger partial charge on any atom is 0.329 e. The highest BCUT2D eigenvalue weighted by Crippen LogP contribution is 2.38. The largest absolute Gasteiger partial charge is 0.493 e. The van der Waals surface area contributed by atoms with Gasteiger partial charge in [0, 0.05) is 19.5 Å². The number of nitrogens with zero attached hydrogens (tertiary/aromatic N) is 2. The van der Waals surface area contributed by atoms with Crippen LogP contribution < -0.4 is 29.6 Å². The van der Waals surface area contributed by atoms with Crippen LogP contribution in [0.2, 0.25) is 0 Å². The number of hydrogen-bond donors (Lipinski definition) is 2. The third-order valence-corrected chi connectivity index (χ3v) is 13.5. The molecule has 6 amide bonds. The average molecular weight is 989 g/mol. The van der Waals surface area contributed by atoms with Crippen molar-refractivity contribution >= 4 is 41.4 Å². The molecule has 3 aliphatic heterocycles. The monoisotopic (exact) mass is 988 g/mol. The van der Waals surface area contributed by atoms with Gasteiger partial charge in [-0.2, -0.15) is 0 Å². The quantitative estimate of drug-likeness (QED) is 0.0497. The van der Waals surface area contributed by atoms with Gasteiger partial charge in [-0.1, -0.05) is 49.4 Å². The summed E-state index contributed by atoms with van der Waals surface area (Å²) in [6.07, 6.45) is 2.97. The molecule has 0 radical (unpaired) electrons. The van der Waals surface area contributed by atoms with Crippen molar-refractivity contribution in [1.29, 1.82) is 0 Å². The van der Waals surface area contributed by atoms with Crippen molar-refractivity contribution in [2.75, 3.05) is 53.7 Å². The van der Waals surface area contributed by atoms with Gasteiger partial charge in [0.2, 0.25) is 17.7 Å². The number of carbonyl (C=O) groups is 7. The third-order valence-electron chi connectivity index (χ3n) is 13.5. The number of amides is 6. The molecule has 17 heteroatoms. The molecule has 3 aliphatic rings. The van der Waals surface area contributed by atoms with Gasteiger partial charge in [-0.05, 0) is 129 Å². The Morgan fingerprint density at radius 2 is 1.60 bits per heavy atom. The summed E-state index contributed by atoms with van der Waals surface area (Å²) in [4.78, 5) is 94.8. The Morgan fingerprint density at radius 3 is 2.35 bits per heavy atom. The lowest BCUT2D eigenvalue weighted by Gasteiger charge is -2.37. The zero-order valence-electron chi connectivity index (χ0n) is 41.8. The first-order valence-electron chi connectivity index (χ1n) is 24.6. The number of fused-ring (bicyclic) bond motifs is 1. The van der Waals surface area contributed by atoms with E-state index in [2.05, 4.69) is 42.7 Å². The number of nitrogens with one attached hydrogen (secondary N) is 2. The van der Waals surface area contributed by atoms with Crippen LogP contribution >= 0.6 is 0 Å². The molecule has 3 heterocycles. The molecular weight excluding hydrogens is 925 g/mol. The Bertz CT molecular complexity index is 2690. The van der Waals surface area contributed by atoms with E-state index in [9.17, 15) is 33.6 Å². The zero-order valence-corrected chi connectivity index (χ0v) is 41.8. The molecule has 1 unspecified atom stereocenters. The summed E-state index contributed by atoms with van der Waals surface area (Å²) in [6, 6.07) is 20.0. The fraction of sp³-hybridized carbons (Fsp3) is 0.436. The number of hydrogen-bond acceptors (Lipinski definition) is 13. The number of esters is 1. The zero-order chi connectivity index (χ0) is 51.5. The van der Waals surface area contributed by atoms with Gasteiger partial charge in [0.1, 0.15) is 36.3 Å². The first-order valence-corrected chi connectivity index (χ1v) is 24.6. The van der Waals surface area contributed by atoms with Gasteiger partial charge >= 0.3 is 5.97 Å². The molecule has 2 saturated heterocycles. The van der Waals surface area contributed by atoms with Crippen LogP contribution in [0.4, 0.5) is 0 Å². The normalized spacial score (nSPS) is 17.4. The molecule has 0 spiro atoms. The Kier molecular flexibility index (Phi) is 17.7. The van der Waals surface area contributed by atoms with Gasteiger partial charge < -0.3 is 38.6 Å². The SMILES string of the molecule is CC[C@H](C(=O)N1CCCC[C@H]1C(=O)O[C@H](CCc1ccc(C)c(C)c1)c1cccc(OCC(=O)NCCOCCOc2cccc3c2C(=O)N(C2CCC(=O)NC2=O)C3=O)c1)c1cc(C)c(OC)c(OC)c1. The van der Waals surface area contributed by atoms with Crippen LogP contribution in [0.15, 0.2) is 72.8 Å². The summed E-state index contributed by atoms with van der Waals surface area (Å²) in [5.41, 5.74) is 5.91. The highest BCUT2D eigenvalue weighted by atomic mass is 16.5. The van der Waals surface area contributed by atoms with Crippen molar-refractivity contribution in [3.8, 4) is 23.0 Å². The van der Waals surface area contributed by atoms with E-state index in [1.54, 1.807) is 49.5 Å². The van der Waals surface area contributed by atoms with E-state index in [0.29, 0.717) is 55.0 Å². The molecule has 382 valence electrons. The fourth-order valence-electron chi connectivity index (χ4n) is 9.53. The highest BCUT2D eigenvalue weighted by Gasteiger charge is 2.46. The van der Waals surface area contributed by atoms with Gasteiger partial charge in [-0.15, -0.1) is 0 Å². The van der Waals surface area contributed by atoms with E-state index >= 15 is 0 Å². The molecule has 0 bridgehead atoms. The fourth-order valence-corrected chi connectivity index (χ4v) is 9.53. The number of rotatable bonds is 22. The molecule has 17 nitrogen and oxygen atoms in total. The number of piperidine rings is 2. The van der Waals surface area contributed by atoms with Crippen molar-refractivity contribution in [3.63, 3.8) is 0 Å². The summed E-state index contributed by atoms with van der Waals surface area (Å²) in [5, 5.41) is 4.94. The minimum absolute atomic E-state index is 0.0133. The molecule has 4 atom stereocenters. The average Bonchev–Trinajstić information content (AvgIpc) is 3.63. The number of imide groups is 2. The number of aryl methyl sites for hydroxylation is 4. The number of benzene rings is 4. The first kappa shape index (κ1) is 52.6. The standard InChI is InChI=1S/C55H64N4O13/c1-7-40(38-29-35(4)50(68-6)46(31-38)67-5)52(63)58-24-9-8-15-43(58)55(66)72-44(21-19-36-18-17-33(2)34(3)28-36)37-12-10-13-39(30-37)71-32-48(61)56-23-25-69-26-27-70-45-16-11-14-41-49(45)54(65)59(53(41)64)42-20-22-47(60)57-51(42)62/h10-14,16-18,28-31,40,42-44H,7-9,15,19-27,32H2,1-6H3,(H,56,61)(H,57,60,62)/t40-,42?,43-,44+/m0/s1. The molecule has 4 aromatic carbocycles. The lowest BCUT2D eigenvalue weighted by Crippen LogP contribution is -2.54. The Hall–Kier alpha value is -7.27. The maximum atomic E-state index is 14.4. The first-order chi connectivity index (χ1) is 34.7. The Labute approximate surface area is 419 Å². The summed E-state index contributed by atoms with van der Waals surface area (Å²) in [6.45, 7) is 8.57. The molecule has 4 aromatic rings. The number of likely N-dealkylation sites (tertiary alicyclic amines) is 1. The lowest BCUT2D eigenvalue weighted by molar-refractivity contribution is -0.162. The predicted octanol–water partition coefficient (Wildman–Crippen LogP) is 6.41. The molecule has 2 N–H and O–H groups in total. The van der Waals surface area contributed by atoms with E-state index in [1.807, 2.05) is 32.0 Å². The van der Waals surface area contributed by atoms with Crippen LogP contribution in [0.25, 0.3) is 0 Å². The minimum Gasteiger partial charge on any atom is -0.493 e. The highest BCUT2D eigenvalue weighted by molar-refractivity contribution is 6.24. The summed E-state index contributed by atoms with van der Waals surface area (Å²) < 4.78 is 34.9. The molecular formula is C55H64N4O13. The lowest BCUT2D eigenvalue weighted by atomic mass is 9.91. The topological polar surface area (TPSA) is 205 Å². The van der Waals surface area contributed by atoms with Gasteiger partial charge in [-0.25, -0.2) is 4.79 Å². The van der Waals surface area contributed by atoms with Crippen LogP contribution in [-0.4, -0.2) is 117 Å². The van der Waals surface area contributed by atoms with Crippen LogP contribution in [0.1, 0.15) is 118 Å². The van der Waals surface area contributed by atoms with Crippen molar-refractivity contribution < 1.29 is 62.0 Å².